The minimum atomic E-state index is 1.03. The molecule has 1 aromatic heterocycles. The number of fused-ring (bicyclic) bond motifs is 1. The third-order valence-corrected chi connectivity index (χ3v) is 3.71. The lowest BCUT2D eigenvalue weighted by Crippen LogP contribution is -2.13. The molecule has 0 N–H and O–H groups in total. The van der Waals surface area contributed by atoms with Crippen molar-refractivity contribution in [2.24, 2.45) is 4.99 Å². The van der Waals surface area contributed by atoms with E-state index in [0.717, 1.165) is 29.9 Å². The average Bonchev–Trinajstić information content (AvgIpc) is 2.43. The van der Waals surface area contributed by atoms with Crippen LogP contribution in [0.1, 0.15) is 35.2 Å². The van der Waals surface area contributed by atoms with Gasteiger partial charge in [-0.05, 0) is 55.9 Å². The van der Waals surface area contributed by atoms with Crippen LogP contribution in [-0.4, -0.2) is 10.7 Å². The van der Waals surface area contributed by atoms with E-state index < -0.39 is 0 Å². The first-order valence-electron chi connectivity index (χ1n) is 6.84. The van der Waals surface area contributed by atoms with E-state index in [0.29, 0.717) is 0 Å². The van der Waals surface area contributed by atoms with Crippen molar-refractivity contribution in [3.8, 4) is 0 Å². The van der Waals surface area contributed by atoms with E-state index >= 15 is 0 Å². The molecule has 0 saturated heterocycles. The number of hydrogen-bond donors (Lipinski definition) is 0. The van der Waals surface area contributed by atoms with Crippen LogP contribution in [-0.2, 0) is 6.42 Å². The van der Waals surface area contributed by atoms with Crippen LogP contribution in [0, 0.1) is 13.8 Å². The molecule has 0 amide bonds. The molecule has 2 heteroatoms. The zero-order chi connectivity index (χ0) is 13.2. The summed E-state index contributed by atoms with van der Waals surface area (Å²) in [7, 11) is 0. The second-order valence-corrected chi connectivity index (χ2v) is 5.16. The number of pyridine rings is 1. The van der Waals surface area contributed by atoms with Crippen molar-refractivity contribution in [3.63, 3.8) is 0 Å². The summed E-state index contributed by atoms with van der Waals surface area (Å²) in [5, 5.41) is 0. The van der Waals surface area contributed by atoms with Crippen LogP contribution in [0.15, 0.2) is 41.5 Å². The molecule has 3 rings (SSSR count). The van der Waals surface area contributed by atoms with Crippen molar-refractivity contribution in [2.75, 3.05) is 0 Å². The van der Waals surface area contributed by atoms with Gasteiger partial charge in [-0.3, -0.25) is 9.98 Å². The van der Waals surface area contributed by atoms with Gasteiger partial charge in [-0.15, -0.1) is 0 Å². The van der Waals surface area contributed by atoms with Crippen molar-refractivity contribution >= 4 is 11.4 Å². The van der Waals surface area contributed by atoms with Gasteiger partial charge in [-0.25, -0.2) is 0 Å². The summed E-state index contributed by atoms with van der Waals surface area (Å²) in [6.45, 7) is 4.24. The van der Waals surface area contributed by atoms with Crippen LogP contribution in [0.2, 0.25) is 0 Å². The summed E-state index contributed by atoms with van der Waals surface area (Å²) in [5.41, 5.74) is 7.14. The Morgan fingerprint density at radius 3 is 2.58 bits per heavy atom. The van der Waals surface area contributed by atoms with Crippen molar-refractivity contribution in [2.45, 2.75) is 33.1 Å². The molecule has 2 aromatic rings. The molecule has 0 radical (unpaired) electrons. The molecular weight excluding hydrogens is 232 g/mol. The molecule has 1 aromatic carbocycles. The predicted octanol–water partition coefficient (Wildman–Crippen LogP) is 4.16. The highest BCUT2D eigenvalue weighted by Crippen LogP contribution is 2.27. The number of aryl methyl sites for hydroxylation is 3. The number of hydrogen-bond acceptors (Lipinski definition) is 2. The predicted molar refractivity (Wildman–Crippen MR) is 79.3 cm³/mol. The fourth-order valence-corrected chi connectivity index (χ4v) is 2.69. The minimum Gasteiger partial charge on any atom is -0.255 e. The maximum absolute atomic E-state index is 4.91. The molecule has 0 saturated carbocycles. The van der Waals surface area contributed by atoms with Crippen LogP contribution in [0.5, 0.6) is 0 Å². The number of aliphatic imine (C=N–C) groups is 1. The maximum atomic E-state index is 4.91. The highest BCUT2D eigenvalue weighted by Gasteiger charge is 2.16. The summed E-state index contributed by atoms with van der Waals surface area (Å²) in [4.78, 5) is 9.44. The summed E-state index contributed by atoms with van der Waals surface area (Å²) < 4.78 is 0. The van der Waals surface area contributed by atoms with Crippen molar-refractivity contribution in [1.82, 2.24) is 4.98 Å². The first kappa shape index (κ1) is 12.1. The molecule has 1 heterocycles. The Balaban J connectivity index is 2.11. The summed E-state index contributed by atoms with van der Waals surface area (Å²) >= 11 is 0. The third kappa shape index (κ3) is 2.30. The Kier molecular flexibility index (Phi) is 3.16. The average molecular weight is 250 g/mol. The molecule has 0 unspecified atom stereocenters. The topological polar surface area (TPSA) is 25.2 Å². The SMILES string of the molecule is Cc1cccc(C)c1N=C1CCCc2cccnc21. The lowest BCUT2D eigenvalue weighted by molar-refractivity contribution is 0.826. The number of rotatable bonds is 1. The third-order valence-electron chi connectivity index (χ3n) is 3.71. The van der Waals surface area contributed by atoms with Gasteiger partial charge in [0.1, 0.15) is 0 Å². The first-order valence-corrected chi connectivity index (χ1v) is 6.84. The molecule has 0 fully saturated rings. The van der Waals surface area contributed by atoms with E-state index in [4.69, 9.17) is 4.99 Å². The first-order chi connectivity index (χ1) is 9.25. The second kappa shape index (κ2) is 4.96. The maximum Gasteiger partial charge on any atom is 0.0876 e. The Bertz CT molecular complexity index is 621. The minimum absolute atomic E-state index is 1.03. The molecule has 0 atom stereocenters. The van der Waals surface area contributed by atoms with E-state index in [-0.39, 0.29) is 0 Å². The fourth-order valence-electron chi connectivity index (χ4n) is 2.69. The monoisotopic (exact) mass is 250 g/mol. The number of benzene rings is 1. The molecule has 1 aliphatic rings. The van der Waals surface area contributed by atoms with Crippen molar-refractivity contribution in [3.05, 3.63) is 58.9 Å². The quantitative estimate of drug-likeness (QED) is 0.746. The van der Waals surface area contributed by atoms with Gasteiger partial charge in [-0.1, -0.05) is 24.3 Å². The van der Waals surface area contributed by atoms with Gasteiger partial charge in [0, 0.05) is 6.20 Å². The van der Waals surface area contributed by atoms with E-state index in [2.05, 4.69) is 43.1 Å². The highest BCUT2D eigenvalue weighted by molar-refractivity contribution is 6.02. The van der Waals surface area contributed by atoms with Gasteiger partial charge in [-0.2, -0.15) is 0 Å². The Labute approximate surface area is 114 Å². The highest BCUT2D eigenvalue weighted by atomic mass is 14.8. The summed E-state index contributed by atoms with van der Waals surface area (Å²) in [6, 6.07) is 10.5. The van der Waals surface area contributed by atoms with Gasteiger partial charge >= 0.3 is 0 Å². The van der Waals surface area contributed by atoms with E-state index in [9.17, 15) is 0 Å². The second-order valence-electron chi connectivity index (χ2n) is 5.16. The number of nitrogens with zero attached hydrogens (tertiary/aromatic N) is 2. The van der Waals surface area contributed by atoms with Gasteiger partial charge < -0.3 is 0 Å². The lowest BCUT2D eigenvalue weighted by Gasteiger charge is -2.17. The lowest BCUT2D eigenvalue weighted by atomic mass is 9.94. The zero-order valence-corrected chi connectivity index (χ0v) is 11.5. The van der Waals surface area contributed by atoms with E-state index in [1.807, 2.05) is 12.3 Å². The van der Waals surface area contributed by atoms with E-state index in [1.165, 1.54) is 23.1 Å². The molecular formula is C17H18N2. The molecule has 1 aliphatic carbocycles. The normalized spacial score (nSPS) is 16.4. The Morgan fingerprint density at radius 2 is 1.79 bits per heavy atom. The molecule has 2 nitrogen and oxygen atoms in total. The molecule has 96 valence electrons. The van der Waals surface area contributed by atoms with Crippen LogP contribution in [0.25, 0.3) is 0 Å². The standard InChI is InChI=1S/C17H18N2/c1-12-6-3-7-13(2)16(12)19-15-10-4-8-14-9-5-11-18-17(14)15/h3,5-7,9,11H,4,8,10H2,1-2H3. The molecule has 0 bridgehead atoms. The van der Waals surface area contributed by atoms with Crippen LogP contribution in [0.3, 0.4) is 0 Å². The Morgan fingerprint density at radius 1 is 1.00 bits per heavy atom. The molecule has 0 spiro atoms. The zero-order valence-electron chi connectivity index (χ0n) is 11.5. The van der Waals surface area contributed by atoms with Crippen LogP contribution in [0.4, 0.5) is 5.69 Å². The summed E-state index contributed by atoms with van der Waals surface area (Å²) in [5.74, 6) is 0. The Hall–Kier alpha value is -1.96. The van der Waals surface area contributed by atoms with Gasteiger partial charge in [0.15, 0.2) is 0 Å². The molecule has 0 aliphatic heterocycles. The van der Waals surface area contributed by atoms with Gasteiger partial charge in [0.2, 0.25) is 0 Å². The molecule has 19 heavy (non-hydrogen) atoms. The fraction of sp³-hybridized carbons (Fsp3) is 0.294. The summed E-state index contributed by atoms with van der Waals surface area (Å²) in [6.07, 6.45) is 5.18. The largest absolute Gasteiger partial charge is 0.255 e. The van der Waals surface area contributed by atoms with Crippen LogP contribution < -0.4 is 0 Å². The smallest absolute Gasteiger partial charge is 0.0876 e. The number of aromatic nitrogens is 1. The van der Waals surface area contributed by atoms with E-state index in [1.54, 1.807) is 0 Å². The van der Waals surface area contributed by atoms with Crippen molar-refractivity contribution in [1.29, 1.82) is 0 Å². The number of para-hydroxylation sites is 1. The van der Waals surface area contributed by atoms with Gasteiger partial charge in [0.05, 0.1) is 17.1 Å². The van der Waals surface area contributed by atoms with Crippen molar-refractivity contribution < 1.29 is 0 Å². The van der Waals surface area contributed by atoms with Crippen LogP contribution >= 0.6 is 0 Å². The van der Waals surface area contributed by atoms with Gasteiger partial charge in [0.25, 0.3) is 0 Å².